The van der Waals surface area contributed by atoms with Gasteiger partial charge in [-0.15, -0.1) is 0 Å². The fraction of sp³-hybridized carbons (Fsp3) is 0.190. The van der Waals surface area contributed by atoms with E-state index >= 15 is 0 Å². The summed E-state index contributed by atoms with van der Waals surface area (Å²) in [5, 5.41) is 13.4. The molecule has 0 aliphatic rings. The summed E-state index contributed by atoms with van der Waals surface area (Å²) in [6.45, 7) is 1.76. The number of hydrogen-bond donors (Lipinski definition) is 1. The van der Waals surface area contributed by atoms with Crippen LogP contribution in [0.5, 0.6) is 0 Å². The Morgan fingerprint density at radius 2 is 2.10 bits per heavy atom. The van der Waals surface area contributed by atoms with Gasteiger partial charge in [0.1, 0.15) is 11.5 Å². The molecular formula is C21H20FN7O. The minimum absolute atomic E-state index is 0.322. The highest BCUT2D eigenvalue weighted by molar-refractivity contribution is 5.97. The number of nitrogens with one attached hydrogen (secondary N) is 1. The van der Waals surface area contributed by atoms with Crippen LogP contribution in [0.4, 0.5) is 9.18 Å². The first-order valence-electron chi connectivity index (χ1n) is 9.34. The highest BCUT2D eigenvalue weighted by Gasteiger charge is 2.13. The van der Waals surface area contributed by atoms with E-state index in [1.165, 1.54) is 18.1 Å². The van der Waals surface area contributed by atoms with Crippen LogP contribution >= 0.6 is 0 Å². The van der Waals surface area contributed by atoms with Crippen molar-refractivity contribution in [2.75, 3.05) is 14.1 Å². The maximum absolute atomic E-state index is 14.6. The number of pyridine rings is 1. The smallest absolute Gasteiger partial charge is 0.337 e. The number of halogens is 1. The summed E-state index contributed by atoms with van der Waals surface area (Å²) in [6.07, 6.45) is 3.65. The Hall–Kier alpha value is -3.88. The Kier molecular flexibility index (Phi) is 5.09. The van der Waals surface area contributed by atoms with Gasteiger partial charge in [0.25, 0.3) is 0 Å². The molecule has 0 aliphatic heterocycles. The number of hydrogen-bond acceptors (Lipinski definition) is 5. The molecule has 8 nitrogen and oxygen atoms in total. The molecule has 3 heterocycles. The second kappa shape index (κ2) is 7.86. The molecule has 4 aromatic rings. The summed E-state index contributed by atoms with van der Waals surface area (Å²) in [7, 11) is 3.09. The van der Waals surface area contributed by atoms with E-state index in [1.54, 1.807) is 43.0 Å². The molecule has 4 rings (SSSR count). The standard InChI is InChI=1S/C21H20FN7O/c1-13(26-28(3)21(30)23-2)18-6-7-20-25-12-16(29(20)27-18)10-15-9-14-5-4-8-24-19(14)11-17(15)22/h4-9,11-12H,10H2,1-3H3,(H,23,30)/b26-13+. The number of imidazole rings is 1. The van der Waals surface area contributed by atoms with E-state index in [1.807, 2.05) is 18.2 Å². The third-order valence-corrected chi connectivity index (χ3v) is 4.75. The van der Waals surface area contributed by atoms with Crippen LogP contribution in [0, 0.1) is 5.82 Å². The molecule has 30 heavy (non-hydrogen) atoms. The first-order chi connectivity index (χ1) is 14.5. The Labute approximate surface area is 172 Å². The summed E-state index contributed by atoms with van der Waals surface area (Å²) >= 11 is 0. The Morgan fingerprint density at radius 1 is 1.27 bits per heavy atom. The van der Waals surface area contributed by atoms with Crippen LogP contribution in [0.1, 0.15) is 23.9 Å². The van der Waals surface area contributed by atoms with E-state index in [-0.39, 0.29) is 11.8 Å². The van der Waals surface area contributed by atoms with E-state index in [0.29, 0.717) is 34.6 Å². The lowest BCUT2D eigenvalue weighted by molar-refractivity contribution is 0.213. The molecule has 152 valence electrons. The topological polar surface area (TPSA) is 87.8 Å². The molecule has 2 amide bonds. The van der Waals surface area contributed by atoms with Crippen molar-refractivity contribution in [3.8, 4) is 0 Å². The number of nitrogens with zero attached hydrogens (tertiary/aromatic N) is 6. The van der Waals surface area contributed by atoms with Crippen LogP contribution in [0.25, 0.3) is 16.6 Å². The van der Waals surface area contributed by atoms with E-state index in [2.05, 4.69) is 25.5 Å². The van der Waals surface area contributed by atoms with Crippen molar-refractivity contribution in [2.24, 2.45) is 5.10 Å². The van der Waals surface area contributed by atoms with Gasteiger partial charge in [-0.05, 0) is 36.8 Å². The lowest BCUT2D eigenvalue weighted by atomic mass is 10.1. The molecule has 0 bridgehead atoms. The molecule has 1 aromatic carbocycles. The quantitative estimate of drug-likeness (QED) is 0.418. The summed E-state index contributed by atoms with van der Waals surface area (Å²) in [5.41, 5.74) is 3.68. The molecule has 1 N–H and O–H groups in total. The van der Waals surface area contributed by atoms with Gasteiger partial charge in [0.05, 0.1) is 23.1 Å². The lowest BCUT2D eigenvalue weighted by Gasteiger charge is -2.11. The van der Waals surface area contributed by atoms with Gasteiger partial charge in [-0.25, -0.2) is 23.7 Å². The van der Waals surface area contributed by atoms with Gasteiger partial charge >= 0.3 is 6.03 Å². The number of rotatable bonds is 4. The van der Waals surface area contributed by atoms with E-state index in [9.17, 15) is 9.18 Å². The van der Waals surface area contributed by atoms with Gasteiger partial charge in [-0.1, -0.05) is 6.07 Å². The fourth-order valence-corrected chi connectivity index (χ4v) is 3.19. The first-order valence-corrected chi connectivity index (χ1v) is 9.34. The number of fused-ring (bicyclic) bond motifs is 2. The van der Waals surface area contributed by atoms with Crippen molar-refractivity contribution in [1.29, 1.82) is 0 Å². The Balaban J connectivity index is 1.69. The van der Waals surface area contributed by atoms with Gasteiger partial charge < -0.3 is 5.32 Å². The predicted molar refractivity (Wildman–Crippen MR) is 112 cm³/mol. The van der Waals surface area contributed by atoms with E-state index in [0.717, 1.165) is 11.1 Å². The zero-order chi connectivity index (χ0) is 21.3. The SMILES string of the molecule is CNC(=O)N(C)/N=C(\C)c1ccc2ncc(Cc3cc4cccnc4cc3F)n2n1. The van der Waals surface area contributed by atoms with Crippen molar-refractivity contribution >= 4 is 28.3 Å². The largest absolute Gasteiger partial charge is 0.340 e. The summed E-state index contributed by atoms with van der Waals surface area (Å²) < 4.78 is 16.3. The molecule has 0 fully saturated rings. The van der Waals surface area contributed by atoms with Crippen LogP contribution in [0.3, 0.4) is 0 Å². The number of hydrazone groups is 1. The number of carbonyl (C=O) groups is 1. The average Bonchev–Trinajstić information content (AvgIpc) is 3.15. The third kappa shape index (κ3) is 3.69. The fourth-order valence-electron chi connectivity index (χ4n) is 3.19. The molecule has 3 aromatic heterocycles. The normalized spacial score (nSPS) is 11.8. The van der Waals surface area contributed by atoms with Gasteiger partial charge in [0.15, 0.2) is 5.65 Å². The molecular weight excluding hydrogens is 385 g/mol. The molecule has 0 unspecified atom stereocenters. The molecule has 9 heteroatoms. The second-order valence-electron chi connectivity index (χ2n) is 6.82. The van der Waals surface area contributed by atoms with E-state index in [4.69, 9.17) is 0 Å². The molecule has 0 spiro atoms. The Morgan fingerprint density at radius 3 is 2.90 bits per heavy atom. The number of aromatic nitrogens is 4. The van der Waals surface area contributed by atoms with Crippen LogP contribution < -0.4 is 5.32 Å². The first kappa shape index (κ1) is 19.4. The zero-order valence-electron chi connectivity index (χ0n) is 16.8. The lowest BCUT2D eigenvalue weighted by Crippen LogP contribution is -2.31. The summed E-state index contributed by atoms with van der Waals surface area (Å²) in [4.78, 5) is 20.2. The maximum atomic E-state index is 14.6. The van der Waals surface area contributed by atoms with E-state index < -0.39 is 0 Å². The van der Waals surface area contributed by atoms with Gasteiger partial charge in [-0.3, -0.25) is 4.98 Å². The van der Waals surface area contributed by atoms with Crippen LogP contribution in [0.2, 0.25) is 0 Å². The van der Waals surface area contributed by atoms with Crippen molar-refractivity contribution in [2.45, 2.75) is 13.3 Å². The maximum Gasteiger partial charge on any atom is 0.337 e. The second-order valence-corrected chi connectivity index (χ2v) is 6.82. The monoisotopic (exact) mass is 405 g/mol. The van der Waals surface area contributed by atoms with Crippen LogP contribution in [0.15, 0.2) is 53.9 Å². The van der Waals surface area contributed by atoms with Crippen molar-refractivity contribution in [3.05, 3.63) is 71.6 Å². The summed E-state index contributed by atoms with van der Waals surface area (Å²) in [5.74, 6) is -0.322. The zero-order valence-corrected chi connectivity index (χ0v) is 16.8. The minimum atomic E-state index is -0.333. The minimum Gasteiger partial charge on any atom is -0.340 e. The van der Waals surface area contributed by atoms with Crippen LogP contribution in [-0.4, -0.2) is 50.4 Å². The highest BCUT2D eigenvalue weighted by atomic mass is 19.1. The molecule has 0 saturated heterocycles. The predicted octanol–water partition coefficient (Wildman–Crippen LogP) is 3.00. The van der Waals surface area contributed by atoms with Gasteiger partial charge in [0.2, 0.25) is 0 Å². The van der Waals surface area contributed by atoms with Gasteiger partial charge in [-0.2, -0.15) is 10.2 Å². The molecule has 0 radical (unpaired) electrons. The van der Waals surface area contributed by atoms with Crippen molar-refractivity contribution < 1.29 is 9.18 Å². The van der Waals surface area contributed by atoms with Gasteiger partial charge in [0, 0.05) is 38.2 Å². The molecule has 0 atom stereocenters. The Bertz CT molecular complexity index is 1280. The number of carbonyl (C=O) groups excluding carboxylic acids is 1. The van der Waals surface area contributed by atoms with Crippen molar-refractivity contribution in [1.82, 2.24) is 29.9 Å². The number of urea groups is 1. The number of amides is 2. The average molecular weight is 405 g/mol. The van der Waals surface area contributed by atoms with Crippen molar-refractivity contribution in [3.63, 3.8) is 0 Å². The molecule has 0 saturated carbocycles. The third-order valence-electron chi connectivity index (χ3n) is 4.75. The molecule has 0 aliphatic carbocycles. The van der Waals surface area contributed by atoms with Crippen LogP contribution in [-0.2, 0) is 6.42 Å². The number of benzene rings is 1. The highest BCUT2D eigenvalue weighted by Crippen LogP contribution is 2.20. The summed E-state index contributed by atoms with van der Waals surface area (Å²) in [6, 6.07) is 10.2.